The van der Waals surface area contributed by atoms with E-state index < -0.39 is 16.7 Å². The number of non-ortho nitro benzene ring substituents is 1. The van der Waals surface area contributed by atoms with Crippen LogP contribution in [0.2, 0.25) is 0 Å². The molecule has 3 rings (SSSR count). The molecule has 0 aliphatic heterocycles. The summed E-state index contributed by atoms with van der Waals surface area (Å²) in [6.07, 6.45) is 0. The summed E-state index contributed by atoms with van der Waals surface area (Å²) in [6, 6.07) is 21.4. The Hall–Kier alpha value is -4.40. The summed E-state index contributed by atoms with van der Waals surface area (Å²) in [6.45, 7) is -0.115. The van der Waals surface area contributed by atoms with Crippen molar-refractivity contribution in [3.63, 3.8) is 0 Å². The Morgan fingerprint density at radius 3 is 2.23 bits per heavy atom. The predicted octanol–water partition coefficient (Wildman–Crippen LogP) is 3.26. The lowest BCUT2D eigenvalue weighted by molar-refractivity contribution is -0.384. The first-order valence-electron chi connectivity index (χ1n) is 8.92. The van der Waals surface area contributed by atoms with Gasteiger partial charge in [0.15, 0.2) is 5.75 Å². The van der Waals surface area contributed by atoms with E-state index in [1.54, 1.807) is 18.2 Å². The number of hydrogen-bond donors (Lipinski definition) is 3. The van der Waals surface area contributed by atoms with Gasteiger partial charge in [-0.2, -0.15) is 0 Å². The summed E-state index contributed by atoms with van der Waals surface area (Å²) in [5.74, 6) is 0.129. The van der Waals surface area contributed by atoms with Crippen LogP contribution < -0.4 is 20.9 Å². The first-order valence-corrected chi connectivity index (χ1v) is 8.92. The van der Waals surface area contributed by atoms with Gasteiger partial charge >= 0.3 is 0 Å². The lowest BCUT2D eigenvalue weighted by Crippen LogP contribution is -2.44. The van der Waals surface area contributed by atoms with Crippen LogP contribution in [-0.2, 0) is 4.79 Å². The van der Waals surface area contributed by atoms with E-state index in [2.05, 4.69) is 16.2 Å². The minimum Gasteiger partial charge on any atom is -0.455 e. The van der Waals surface area contributed by atoms with E-state index in [0.717, 1.165) is 0 Å². The number of amides is 2. The summed E-state index contributed by atoms with van der Waals surface area (Å²) in [7, 11) is 0. The van der Waals surface area contributed by atoms with Crippen molar-refractivity contribution in [3.05, 3.63) is 94.5 Å². The Balaban J connectivity index is 1.51. The molecule has 0 fully saturated rings. The molecule has 30 heavy (non-hydrogen) atoms. The first-order chi connectivity index (χ1) is 14.5. The SMILES string of the molecule is O=C(CNc1ccccc1Oc1ccccc1)NNC(=O)c1ccc([N+](=O)[O-])cc1. The van der Waals surface area contributed by atoms with Gasteiger partial charge in [-0.25, -0.2) is 0 Å². The molecule has 0 aromatic heterocycles. The number of nitro benzene ring substituents is 1. The van der Waals surface area contributed by atoms with E-state index in [4.69, 9.17) is 4.74 Å². The molecule has 0 saturated heterocycles. The molecule has 0 aliphatic rings. The summed E-state index contributed by atoms with van der Waals surface area (Å²) >= 11 is 0. The molecule has 3 N–H and O–H groups in total. The number of carbonyl (C=O) groups is 2. The number of carbonyl (C=O) groups excluding carboxylic acids is 2. The third-order valence-electron chi connectivity index (χ3n) is 3.95. The molecule has 2 amide bonds. The molecule has 0 atom stereocenters. The molecule has 0 heterocycles. The monoisotopic (exact) mass is 406 g/mol. The number of nitro groups is 1. The van der Waals surface area contributed by atoms with Gasteiger partial charge in [-0.1, -0.05) is 30.3 Å². The molecular formula is C21H18N4O5. The number of ether oxygens (including phenoxy) is 1. The van der Waals surface area contributed by atoms with Gasteiger partial charge in [0.2, 0.25) is 0 Å². The van der Waals surface area contributed by atoms with E-state index in [1.807, 2.05) is 36.4 Å². The van der Waals surface area contributed by atoms with Crippen LogP contribution in [0.4, 0.5) is 11.4 Å². The number of hydrazine groups is 1. The fourth-order valence-corrected chi connectivity index (χ4v) is 2.47. The van der Waals surface area contributed by atoms with Gasteiger partial charge in [0, 0.05) is 17.7 Å². The second kappa shape index (κ2) is 9.69. The number of anilines is 1. The van der Waals surface area contributed by atoms with Crippen molar-refractivity contribution in [2.45, 2.75) is 0 Å². The number of benzene rings is 3. The van der Waals surface area contributed by atoms with E-state index in [1.165, 1.54) is 24.3 Å². The molecule has 0 saturated carbocycles. The smallest absolute Gasteiger partial charge is 0.269 e. The molecule has 3 aromatic rings. The highest BCUT2D eigenvalue weighted by molar-refractivity contribution is 5.95. The van der Waals surface area contributed by atoms with Gasteiger partial charge in [0.25, 0.3) is 17.5 Å². The third-order valence-corrected chi connectivity index (χ3v) is 3.95. The second-order valence-electron chi connectivity index (χ2n) is 6.07. The molecule has 0 radical (unpaired) electrons. The summed E-state index contributed by atoms with van der Waals surface area (Å²) in [5.41, 5.74) is 5.20. The minimum atomic E-state index is -0.592. The molecule has 0 spiro atoms. The summed E-state index contributed by atoms with van der Waals surface area (Å²) in [5, 5.41) is 13.6. The maximum atomic E-state index is 12.0. The zero-order valence-corrected chi connectivity index (χ0v) is 15.7. The number of rotatable bonds is 7. The zero-order valence-electron chi connectivity index (χ0n) is 15.7. The van der Waals surface area contributed by atoms with Crippen molar-refractivity contribution in [1.82, 2.24) is 10.9 Å². The van der Waals surface area contributed by atoms with Crippen molar-refractivity contribution in [3.8, 4) is 11.5 Å². The highest BCUT2D eigenvalue weighted by atomic mass is 16.6. The van der Waals surface area contributed by atoms with Crippen LogP contribution in [0.15, 0.2) is 78.9 Å². The van der Waals surface area contributed by atoms with Gasteiger partial charge in [-0.05, 0) is 36.4 Å². The summed E-state index contributed by atoms with van der Waals surface area (Å²) < 4.78 is 5.81. The molecule has 3 aromatic carbocycles. The molecule has 9 heteroatoms. The zero-order chi connectivity index (χ0) is 21.3. The van der Waals surface area contributed by atoms with Crippen molar-refractivity contribution in [2.75, 3.05) is 11.9 Å². The van der Waals surface area contributed by atoms with E-state index in [9.17, 15) is 19.7 Å². The number of nitrogens with zero attached hydrogens (tertiary/aromatic N) is 1. The van der Waals surface area contributed by atoms with Crippen LogP contribution in [-0.4, -0.2) is 23.3 Å². The van der Waals surface area contributed by atoms with Gasteiger partial charge in [0.1, 0.15) is 5.75 Å². The number of para-hydroxylation sites is 3. The summed E-state index contributed by atoms with van der Waals surface area (Å²) in [4.78, 5) is 34.2. The molecule has 0 bridgehead atoms. The van der Waals surface area contributed by atoms with E-state index >= 15 is 0 Å². The fraction of sp³-hybridized carbons (Fsp3) is 0.0476. The Morgan fingerprint density at radius 2 is 1.53 bits per heavy atom. The molecule has 9 nitrogen and oxygen atoms in total. The van der Waals surface area contributed by atoms with Gasteiger partial charge in [-0.3, -0.25) is 30.6 Å². The van der Waals surface area contributed by atoms with Crippen LogP contribution in [0.25, 0.3) is 0 Å². The standard InChI is InChI=1S/C21H18N4O5/c26-20(23-24-21(27)15-10-12-16(13-11-15)25(28)29)14-22-18-8-4-5-9-19(18)30-17-6-2-1-3-7-17/h1-13,22H,14H2,(H,23,26)(H,24,27). The maximum absolute atomic E-state index is 12.0. The van der Waals surface area contributed by atoms with Crippen molar-refractivity contribution in [2.24, 2.45) is 0 Å². The van der Waals surface area contributed by atoms with E-state index in [-0.39, 0.29) is 17.8 Å². The Morgan fingerprint density at radius 1 is 0.867 bits per heavy atom. The van der Waals surface area contributed by atoms with Gasteiger partial charge in [-0.15, -0.1) is 0 Å². The lowest BCUT2D eigenvalue weighted by atomic mass is 10.2. The van der Waals surface area contributed by atoms with Gasteiger partial charge in [0.05, 0.1) is 17.2 Å². The Kier molecular flexibility index (Phi) is 6.57. The number of hydrogen-bond acceptors (Lipinski definition) is 6. The largest absolute Gasteiger partial charge is 0.455 e. The van der Waals surface area contributed by atoms with Crippen LogP contribution >= 0.6 is 0 Å². The lowest BCUT2D eigenvalue weighted by Gasteiger charge is -2.13. The Labute approximate surface area is 171 Å². The number of nitrogens with one attached hydrogen (secondary N) is 3. The molecule has 0 unspecified atom stereocenters. The van der Waals surface area contributed by atoms with Crippen molar-refractivity contribution < 1.29 is 19.2 Å². The second-order valence-corrected chi connectivity index (χ2v) is 6.07. The quantitative estimate of drug-likeness (QED) is 0.409. The average molecular weight is 406 g/mol. The first kappa shape index (κ1) is 20.3. The molecule has 152 valence electrons. The van der Waals surface area contributed by atoms with Crippen LogP contribution in [0.3, 0.4) is 0 Å². The molecule has 0 aliphatic carbocycles. The van der Waals surface area contributed by atoms with Crippen molar-refractivity contribution in [1.29, 1.82) is 0 Å². The highest BCUT2D eigenvalue weighted by Gasteiger charge is 2.11. The average Bonchev–Trinajstić information content (AvgIpc) is 2.77. The van der Waals surface area contributed by atoms with Gasteiger partial charge < -0.3 is 10.1 Å². The van der Waals surface area contributed by atoms with Crippen LogP contribution in [0.5, 0.6) is 11.5 Å². The third kappa shape index (κ3) is 5.55. The minimum absolute atomic E-state index is 0.115. The highest BCUT2D eigenvalue weighted by Crippen LogP contribution is 2.28. The topological polar surface area (TPSA) is 123 Å². The van der Waals surface area contributed by atoms with Crippen LogP contribution in [0, 0.1) is 10.1 Å². The van der Waals surface area contributed by atoms with Crippen molar-refractivity contribution >= 4 is 23.2 Å². The maximum Gasteiger partial charge on any atom is 0.269 e. The molecular weight excluding hydrogens is 388 g/mol. The fourth-order valence-electron chi connectivity index (χ4n) is 2.47. The predicted molar refractivity (Wildman–Crippen MR) is 110 cm³/mol. The normalized spacial score (nSPS) is 10.0. The van der Waals surface area contributed by atoms with Crippen LogP contribution in [0.1, 0.15) is 10.4 Å². The van der Waals surface area contributed by atoms with E-state index in [0.29, 0.717) is 17.2 Å². The Bertz CT molecular complexity index is 1040.